The molecular formula is C22H34FIN4O3. The van der Waals surface area contributed by atoms with E-state index in [1.54, 1.807) is 0 Å². The summed E-state index contributed by atoms with van der Waals surface area (Å²) in [7, 11) is 0. The molecule has 2 N–H and O–H groups in total. The normalized spacial score (nSPS) is 20.1. The van der Waals surface area contributed by atoms with Crippen LogP contribution in [0.15, 0.2) is 29.3 Å². The monoisotopic (exact) mass is 548 g/mol. The third kappa shape index (κ3) is 8.89. The summed E-state index contributed by atoms with van der Waals surface area (Å²) >= 11 is 0. The van der Waals surface area contributed by atoms with E-state index in [1.165, 1.54) is 30.7 Å². The molecule has 1 atom stereocenters. The molecule has 2 aliphatic heterocycles. The van der Waals surface area contributed by atoms with Gasteiger partial charge >= 0.3 is 0 Å². The zero-order chi connectivity index (χ0) is 21.2. The van der Waals surface area contributed by atoms with Crippen molar-refractivity contribution < 1.29 is 18.7 Å². The number of halogens is 2. The van der Waals surface area contributed by atoms with Crippen molar-refractivity contribution in [2.75, 3.05) is 44.7 Å². The first kappa shape index (κ1) is 25.8. The van der Waals surface area contributed by atoms with E-state index in [4.69, 9.17) is 9.47 Å². The molecular weight excluding hydrogens is 514 g/mol. The lowest BCUT2D eigenvalue weighted by Crippen LogP contribution is -2.47. The molecule has 0 spiro atoms. The number of benzene rings is 1. The van der Waals surface area contributed by atoms with Gasteiger partial charge in [0.1, 0.15) is 12.4 Å². The van der Waals surface area contributed by atoms with Gasteiger partial charge in [0.05, 0.1) is 18.8 Å². The molecule has 1 unspecified atom stereocenters. The predicted molar refractivity (Wildman–Crippen MR) is 131 cm³/mol. The lowest BCUT2D eigenvalue weighted by atomic mass is 10.1. The van der Waals surface area contributed by atoms with Crippen LogP contribution in [0, 0.1) is 5.82 Å². The summed E-state index contributed by atoms with van der Waals surface area (Å²) in [6, 6.07) is 5.70. The third-order valence-electron chi connectivity index (χ3n) is 5.37. The van der Waals surface area contributed by atoms with Gasteiger partial charge in [-0.25, -0.2) is 9.38 Å². The smallest absolute Gasteiger partial charge is 0.246 e. The van der Waals surface area contributed by atoms with Crippen molar-refractivity contribution in [3.63, 3.8) is 0 Å². The molecule has 0 radical (unpaired) electrons. The Labute approximate surface area is 201 Å². The minimum Gasteiger partial charge on any atom is -0.376 e. The van der Waals surface area contributed by atoms with Crippen molar-refractivity contribution in [1.29, 1.82) is 0 Å². The van der Waals surface area contributed by atoms with Crippen LogP contribution < -0.4 is 10.6 Å². The minimum absolute atomic E-state index is 0. The maximum atomic E-state index is 13.0. The molecule has 2 saturated heterocycles. The van der Waals surface area contributed by atoms with Crippen LogP contribution in [0.3, 0.4) is 0 Å². The van der Waals surface area contributed by atoms with Crippen molar-refractivity contribution in [2.24, 2.45) is 4.99 Å². The van der Waals surface area contributed by atoms with Crippen molar-refractivity contribution in [3.8, 4) is 0 Å². The number of rotatable bonds is 7. The van der Waals surface area contributed by atoms with Crippen LogP contribution in [-0.2, 0) is 14.3 Å². The highest BCUT2D eigenvalue weighted by atomic mass is 127. The second-order valence-electron chi connectivity index (χ2n) is 7.73. The number of hydrogen-bond acceptors (Lipinski definition) is 4. The average molecular weight is 548 g/mol. The highest BCUT2D eigenvalue weighted by Crippen LogP contribution is 2.18. The van der Waals surface area contributed by atoms with Crippen molar-refractivity contribution in [3.05, 3.63) is 30.1 Å². The quantitative estimate of drug-likeness (QED) is 0.311. The Hall–Kier alpha value is -1.46. The zero-order valence-electron chi connectivity index (χ0n) is 18.1. The predicted octanol–water partition coefficient (Wildman–Crippen LogP) is 3.40. The summed E-state index contributed by atoms with van der Waals surface area (Å²) < 4.78 is 24.8. The molecule has 1 aromatic carbocycles. The Kier molecular flexibility index (Phi) is 11.5. The zero-order valence-corrected chi connectivity index (χ0v) is 20.5. The van der Waals surface area contributed by atoms with Crippen LogP contribution in [0.5, 0.6) is 0 Å². The summed E-state index contributed by atoms with van der Waals surface area (Å²) in [5.41, 5.74) is 0.557. The average Bonchev–Trinajstić information content (AvgIpc) is 2.78. The maximum absolute atomic E-state index is 13.0. The Morgan fingerprint density at radius 1 is 1.23 bits per heavy atom. The van der Waals surface area contributed by atoms with E-state index in [-0.39, 0.29) is 54.5 Å². The number of aliphatic imine (C=N–C) groups is 1. The van der Waals surface area contributed by atoms with Gasteiger partial charge < -0.3 is 25.0 Å². The standard InChI is InChI=1S/C22H33FN4O3.HI/c1-2-24-22(25-15-21(28)26-18-8-6-17(23)7-9-18)27-12-10-19(11-13-27)30-16-20-5-3-4-14-29-20;/h6-9,19-20H,2-5,10-16H2,1H3,(H,24,25)(H,26,28);1H. The number of carbonyl (C=O) groups excluding carboxylic acids is 1. The third-order valence-corrected chi connectivity index (χ3v) is 5.37. The second kappa shape index (κ2) is 13.8. The summed E-state index contributed by atoms with van der Waals surface area (Å²) in [6.45, 7) is 5.95. The topological polar surface area (TPSA) is 75.2 Å². The van der Waals surface area contributed by atoms with Gasteiger partial charge in [-0.2, -0.15) is 0 Å². The molecule has 174 valence electrons. The summed E-state index contributed by atoms with van der Waals surface area (Å²) in [5.74, 6) is 0.169. The number of hydrogen-bond donors (Lipinski definition) is 2. The van der Waals surface area contributed by atoms with Crippen molar-refractivity contribution in [2.45, 2.75) is 51.2 Å². The fourth-order valence-electron chi connectivity index (χ4n) is 3.72. The molecule has 9 heteroatoms. The van der Waals surface area contributed by atoms with Crippen LogP contribution in [0.25, 0.3) is 0 Å². The molecule has 0 aromatic heterocycles. The van der Waals surface area contributed by atoms with Crippen LogP contribution in [-0.4, -0.2) is 68.4 Å². The SMILES string of the molecule is CCNC(=NCC(=O)Nc1ccc(F)cc1)N1CCC(OCC2CCCCO2)CC1.I. The van der Waals surface area contributed by atoms with Gasteiger partial charge in [0, 0.05) is 31.9 Å². The summed E-state index contributed by atoms with van der Waals surface area (Å²) in [5, 5.41) is 6.00. The summed E-state index contributed by atoms with van der Waals surface area (Å²) in [4.78, 5) is 18.8. The fourth-order valence-corrected chi connectivity index (χ4v) is 3.72. The highest BCUT2D eigenvalue weighted by molar-refractivity contribution is 14.0. The molecule has 2 heterocycles. The number of ether oxygens (including phenoxy) is 2. The lowest BCUT2D eigenvalue weighted by Gasteiger charge is -2.35. The van der Waals surface area contributed by atoms with Gasteiger partial charge in [0.2, 0.25) is 5.91 Å². The largest absolute Gasteiger partial charge is 0.376 e. The summed E-state index contributed by atoms with van der Waals surface area (Å²) in [6.07, 6.45) is 5.83. The van der Waals surface area contributed by atoms with Crippen molar-refractivity contribution in [1.82, 2.24) is 10.2 Å². The van der Waals surface area contributed by atoms with E-state index in [0.717, 1.165) is 57.9 Å². The molecule has 0 bridgehead atoms. The Balaban J connectivity index is 0.00000341. The van der Waals surface area contributed by atoms with Gasteiger partial charge in [-0.1, -0.05) is 0 Å². The van der Waals surface area contributed by atoms with E-state index < -0.39 is 0 Å². The van der Waals surface area contributed by atoms with Crippen LogP contribution >= 0.6 is 24.0 Å². The molecule has 0 aliphatic carbocycles. The number of nitrogens with zero attached hydrogens (tertiary/aromatic N) is 2. The molecule has 0 saturated carbocycles. The number of amides is 1. The van der Waals surface area contributed by atoms with E-state index >= 15 is 0 Å². The number of likely N-dealkylation sites (tertiary alicyclic amines) is 1. The van der Waals surface area contributed by atoms with Gasteiger partial charge in [0.15, 0.2) is 5.96 Å². The Morgan fingerprint density at radius 2 is 1.97 bits per heavy atom. The first-order valence-electron chi connectivity index (χ1n) is 11.0. The first-order valence-corrected chi connectivity index (χ1v) is 11.0. The van der Waals surface area contributed by atoms with Gasteiger partial charge in [-0.05, 0) is 63.3 Å². The fraction of sp³-hybridized carbons (Fsp3) is 0.636. The van der Waals surface area contributed by atoms with Crippen LogP contribution in [0.2, 0.25) is 0 Å². The second-order valence-corrected chi connectivity index (χ2v) is 7.73. The molecule has 1 aromatic rings. The number of nitrogens with one attached hydrogen (secondary N) is 2. The molecule has 2 fully saturated rings. The Bertz CT molecular complexity index is 691. The lowest BCUT2D eigenvalue weighted by molar-refractivity contribution is -0.114. The molecule has 3 rings (SSSR count). The number of guanidine groups is 1. The van der Waals surface area contributed by atoms with Gasteiger partial charge in [-0.15, -0.1) is 24.0 Å². The van der Waals surface area contributed by atoms with E-state index in [0.29, 0.717) is 12.3 Å². The van der Waals surface area contributed by atoms with Crippen LogP contribution in [0.4, 0.5) is 10.1 Å². The van der Waals surface area contributed by atoms with Crippen molar-refractivity contribution >= 4 is 41.5 Å². The van der Waals surface area contributed by atoms with Crippen LogP contribution in [0.1, 0.15) is 39.0 Å². The van der Waals surface area contributed by atoms with E-state index in [9.17, 15) is 9.18 Å². The first-order chi connectivity index (χ1) is 14.6. The number of anilines is 1. The maximum Gasteiger partial charge on any atom is 0.246 e. The van der Waals surface area contributed by atoms with Gasteiger partial charge in [-0.3, -0.25) is 4.79 Å². The highest BCUT2D eigenvalue weighted by Gasteiger charge is 2.24. The molecule has 7 nitrogen and oxygen atoms in total. The number of piperidine rings is 1. The van der Waals surface area contributed by atoms with E-state index in [1.807, 2.05) is 6.92 Å². The molecule has 2 aliphatic rings. The van der Waals surface area contributed by atoms with Gasteiger partial charge in [0.25, 0.3) is 0 Å². The molecule has 31 heavy (non-hydrogen) atoms. The Morgan fingerprint density at radius 3 is 2.61 bits per heavy atom. The number of carbonyl (C=O) groups is 1. The van der Waals surface area contributed by atoms with E-state index in [2.05, 4.69) is 20.5 Å². The minimum atomic E-state index is -0.334. The molecule has 1 amide bonds.